The minimum absolute atomic E-state index is 0.156. The Bertz CT molecular complexity index is 313. The van der Waals surface area contributed by atoms with Gasteiger partial charge in [-0.1, -0.05) is 12.1 Å². The van der Waals surface area contributed by atoms with Crippen molar-refractivity contribution in [2.24, 2.45) is 5.73 Å². The third-order valence-corrected chi connectivity index (χ3v) is 2.07. The summed E-state index contributed by atoms with van der Waals surface area (Å²) in [6.07, 6.45) is -0.788. The lowest BCUT2D eigenvalue weighted by Crippen LogP contribution is -2.17. The summed E-state index contributed by atoms with van der Waals surface area (Å²) in [6, 6.07) is 7.54. The number of hydrogen-bond donors (Lipinski definition) is 2. The fourth-order valence-corrected chi connectivity index (χ4v) is 1.20. The second-order valence-electron chi connectivity index (χ2n) is 2.82. The van der Waals surface area contributed by atoms with E-state index in [1.54, 1.807) is 0 Å². The highest BCUT2D eigenvalue weighted by Gasteiger charge is 1.96. The minimum Gasteiger partial charge on any atom is -0.490 e. The molecule has 1 aromatic carbocycles. The third kappa shape index (κ3) is 4.60. The van der Waals surface area contributed by atoms with Crippen molar-refractivity contribution < 1.29 is 14.3 Å². The second-order valence-corrected chi connectivity index (χ2v) is 3.13. The molecule has 0 radical (unpaired) electrons. The normalized spacial score (nSPS) is 9.67. The lowest BCUT2D eigenvalue weighted by atomic mass is 10.2. The Morgan fingerprint density at radius 3 is 2.47 bits per heavy atom. The zero-order chi connectivity index (χ0) is 11.1. The number of primary amides is 1. The Balaban J connectivity index is 2.28. The molecule has 0 saturated carbocycles. The highest BCUT2D eigenvalue weighted by Crippen LogP contribution is 2.13. The Morgan fingerprint density at radius 2 is 1.93 bits per heavy atom. The molecular weight excluding hydrogens is 214 g/mol. The fraction of sp³-hybridized carbons (Fsp3) is 0.300. The number of benzene rings is 1. The molecule has 1 aromatic rings. The van der Waals surface area contributed by atoms with Crippen molar-refractivity contribution >= 4 is 18.7 Å². The zero-order valence-corrected chi connectivity index (χ0v) is 9.07. The van der Waals surface area contributed by atoms with Crippen molar-refractivity contribution in [1.29, 1.82) is 0 Å². The van der Waals surface area contributed by atoms with E-state index >= 15 is 0 Å². The van der Waals surface area contributed by atoms with Gasteiger partial charge in [0.1, 0.15) is 19.0 Å². The third-order valence-electron chi connectivity index (χ3n) is 1.70. The summed E-state index contributed by atoms with van der Waals surface area (Å²) in [5.41, 5.74) is 5.91. The fourth-order valence-electron chi connectivity index (χ4n) is 0.993. The molecule has 0 spiro atoms. The van der Waals surface area contributed by atoms with E-state index in [4.69, 9.17) is 10.5 Å². The zero-order valence-electron chi connectivity index (χ0n) is 8.18. The minimum atomic E-state index is -0.788. The summed E-state index contributed by atoms with van der Waals surface area (Å²) in [7, 11) is 0. The van der Waals surface area contributed by atoms with Crippen LogP contribution in [0.1, 0.15) is 5.56 Å². The van der Waals surface area contributed by atoms with Crippen molar-refractivity contribution in [2.45, 2.75) is 5.75 Å². The van der Waals surface area contributed by atoms with E-state index in [2.05, 4.69) is 17.4 Å². The highest BCUT2D eigenvalue weighted by molar-refractivity contribution is 7.79. The average molecular weight is 227 g/mol. The van der Waals surface area contributed by atoms with Crippen LogP contribution >= 0.6 is 12.6 Å². The van der Waals surface area contributed by atoms with Gasteiger partial charge >= 0.3 is 6.09 Å². The van der Waals surface area contributed by atoms with Gasteiger partial charge in [0.05, 0.1) is 0 Å². The maximum atomic E-state index is 10.2. The molecule has 1 rings (SSSR count). The van der Waals surface area contributed by atoms with E-state index in [1.165, 1.54) is 0 Å². The Morgan fingerprint density at radius 1 is 1.27 bits per heavy atom. The van der Waals surface area contributed by atoms with E-state index in [1.807, 2.05) is 24.3 Å². The summed E-state index contributed by atoms with van der Waals surface area (Å²) in [4.78, 5) is 10.2. The Labute approximate surface area is 93.8 Å². The molecule has 4 nitrogen and oxygen atoms in total. The molecule has 2 N–H and O–H groups in total. The number of hydrogen-bond acceptors (Lipinski definition) is 4. The number of carbonyl (C=O) groups excluding carboxylic acids is 1. The molecule has 0 aromatic heterocycles. The van der Waals surface area contributed by atoms with Crippen LogP contribution < -0.4 is 10.5 Å². The quantitative estimate of drug-likeness (QED) is 0.593. The van der Waals surface area contributed by atoms with Crippen molar-refractivity contribution in [1.82, 2.24) is 0 Å². The maximum Gasteiger partial charge on any atom is 0.404 e. The van der Waals surface area contributed by atoms with Crippen molar-refractivity contribution in [3.63, 3.8) is 0 Å². The lowest BCUT2D eigenvalue weighted by Gasteiger charge is -2.06. The van der Waals surface area contributed by atoms with Crippen LogP contribution in [0.5, 0.6) is 5.75 Å². The lowest BCUT2D eigenvalue weighted by molar-refractivity contribution is 0.134. The molecule has 0 fully saturated rings. The molecule has 0 aliphatic heterocycles. The molecule has 0 atom stereocenters. The van der Waals surface area contributed by atoms with E-state index in [9.17, 15) is 4.79 Å². The van der Waals surface area contributed by atoms with Crippen molar-refractivity contribution in [3.05, 3.63) is 29.8 Å². The average Bonchev–Trinajstić information content (AvgIpc) is 2.25. The largest absolute Gasteiger partial charge is 0.490 e. The number of ether oxygens (including phenoxy) is 2. The summed E-state index contributed by atoms with van der Waals surface area (Å²) in [6.45, 7) is 0.451. The first-order valence-corrected chi connectivity index (χ1v) is 5.10. The smallest absolute Gasteiger partial charge is 0.404 e. The molecule has 0 aliphatic rings. The van der Waals surface area contributed by atoms with Gasteiger partial charge in [-0.3, -0.25) is 0 Å². The van der Waals surface area contributed by atoms with Crippen LogP contribution in [0.3, 0.4) is 0 Å². The van der Waals surface area contributed by atoms with Gasteiger partial charge in [0.2, 0.25) is 0 Å². The molecule has 0 unspecified atom stereocenters. The van der Waals surface area contributed by atoms with E-state index in [0.29, 0.717) is 12.4 Å². The molecule has 15 heavy (non-hydrogen) atoms. The summed E-state index contributed by atoms with van der Waals surface area (Å²) < 4.78 is 9.81. The molecule has 0 saturated heterocycles. The molecule has 5 heteroatoms. The van der Waals surface area contributed by atoms with Crippen molar-refractivity contribution in [3.8, 4) is 5.75 Å². The van der Waals surface area contributed by atoms with Gasteiger partial charge in [0.25, 0.3) is 0 Å². The van der Waals surface area contributed by atoms with Crippen LogP contribution in [0, 0.1) is 0 Å². The highest BCUT2D eigenvalue weighted by atomic mass is 32.1. The number of carbonyl (C=O) groups is 1. The van der Waals surface area contributed by atoms with Crippen LogP contribution in [0.2, 0.25) is 0 Å². The SMILES string of the molecule is NC(=O)OCCOc1ccc(CS)cc1. The number of nitrogens with two attached hydrogens (primary N) is 1. The van der Waals surface area contributed by atoms with Gasteiger partial charge < -0.3 is 15.2 Å². The number of amides is 1. The molecule has 0 heterocycles. The topological polar surface area (TPSA) is 61.6 Å². The van der Waals surface area contributed by atoms with Crippen LogP contribution in [0.25, 0.3) is 0 Å². The number of rotatable bonds is 5. The van der Waals surface area contributed by atoms with Gasteiger partial charge in [-0.2, -0.15) is 12.6 Å². The second kappa shape index (κ2) is 6.19. The van der Waals surface area contributed by atoms with Gasteiger partial charge in [-0.05, 0) is 17.7 Å². The van der Waals surface area contributed by atoms with Crippen molar-refractivity contribution in [2.75, 3.05) is 13.2 Å². The van der Waals surface area contributed by atoms with Gasteiger partial charge in [0, 0.05) is 5.75 Å². The molecule has 82 valence electrons. The maximum absolute atomic E-state index is 10.2. The predicted molar refractivity (Wildman–Crippen MR) is 60.2 cm³/mol. The molecular formula is C10H13NO3S. The Hall–Kier alpha value is -1.36. The van der Waals surface area contributed by atoms with Crippen LogP contribution in [-0.2, 0) is 10.5 Å². The van der Waals surface area contributed by atoms with Crippen LogP contribution in [0.15, 0.2) is 24.3 Å². The standard InChI is InChI=1S/C10H13NO3S/c11-10(12)14-6-5-13-9-3-1-8(7-15)2-4-9/h1-4,15H,5-7H2,(H2,11,12). The number of thiol groups is 1. The van der Waals surface area contributed by atoms with E-state index in [-0.39, 0.29) is 6.61 Å². The summed E-state index contributed by atoms with van der Waals surface area (Å²) in [5.74, 6) is 1.43. The first kappa shape index (κ1) is 11.7. The summed E-state index contributed by atoms with van der Waals surface area (Å²) in [5, 5.41) is 0. The Kier molecular flexibility index (Phi) is 4.83. The molecule has 1 amide bonds. The monoisotopic (exact) mass is 227 g/mol. The molecule has 0 bridgehead atoms. The van der Waals surface area contributed by atoms with E-state index in [0.717, 1.165) is 11.3 Å². The van der Waals surface area contributed by atoms with Crippen LogP contribution in [0.4, 0.5) is 4.79 Å². The van der Waals surface area contributed by atoms with Gasteiger partial charge in [-0.25, -0.2) is 4.79 Å². The van der Waals surface area contributed by atoms with Gasteiger partial charge in [0.15, 0.2) is 0 Å². The van der Waals surface area contributed by atoms with Gasteiger partial charge in [-0.15, -0.1) is 0 Å². The predicted octanol–water partition coefficient (Wildman–Crippen LogP) is 1.59. The first-order chi connectivity index (χ1) is 7.22. The summed E-state index contributed by atoms with van der Waals surface area (Å²) >= 11 is 4.14. The molecule has 0 aliphatic carbocycles. The van der Waals surface area contributed by atoms with Crippen LogP contribution in [-0.4, -0.2) is 19.3 Å². The first-order valence-electron chi connectivity index (χ1n) is 4.47. The van der Waals surface area contributed by atoms with E-state index < -0.39 is 6.09 Å².